The van der Waals surface area contributed by atoms with E-state index >= 15 is 0 Å². The van der Waals surface area contributed by atoms with Crippen molar-refractivity contribution in [3.63, 3.8) is 0 Å². The summed E-state index contributed by atoms with van der Waals surface area (Å²) >= 11 is 12.2. The van der Waals surface area contributed by atoms with E-state index in [0.29, 0.717) is 21.5 Å². The van der Waals surface area contributed by atoms with Crippen molar-refractivity contribution < 1.29 is 9.53 Å². The number of amides is 1. The molecule has 1 aromatic carbocycles. The molecule has 0 fully saturated rings. The van der Waals surface area contributed by atoms with Gasteiger partial charge in [0, 0.05) is 5.02 Å². The first-order valence-electron chi connectivity index (χ1n) is 8.55. The van der Waals surface area contributed by atoms with Gasteiger partial charge in [-0.3, -0.25) is 4.79 Å². The van der Waals surface area contributed by atoms with E-state index in [1.807, 2.05) is 0 Å². The first-order valence-corrected chi connectivity index (χ1v) is 9.31. The van der Waals surface area contributed by atoms with Gasteiger partial charge < -0.3 is 4.74 Å². The van der Waals surface area contributed by atoms with Crippen LogP contribution in [0.25, 0.3) is 0 Å². The summed E-state index contributed by atoms with van der Waals surface area (Å²) < 4.78 is 5.52. The lowest BCUT2D eigenvalue weighted by Crippen LogP contribution is -2.43. The number of halogens is 2. The van der Waals surface area contributed by atoms with Crippen LogP contribution in [-0.2, 0) is 9.53 Å². The Labute approximate surface area is 153 Å². The minimum atomic E-state index is -0.0963. The molecule has 1 aromatic rings. The Balaban J connectivity index is 2.27. The Morgan fingerprint density at radius 2 is 1.88 bits per heavy atom. The van der Waals surface area contributed by atoms with Crippen molar-refractivity contribution in [3.8, 4) is 0 Å². The molecule has 6 heteroatoms. The molecule has 0 radical (unpaired) electrons. The van der Waals surface area contributed by atoms with Crippen LogP contribution < -0.4 is 0 Å². The molecule has 1 aliphatic heterocycles. The zero-order valence-electron chi connectivity index (χ0n) is 14.2. The van der Waals surface area contributed by atoms with Gasteiger partial charge in [-0.1, -0.05) is 62.7 Å². The molecule has 0 saturated heterocycles. The van der Waals surface area contributed by atoms with Crippen LogP contribution in [0.15, 0.2) is 23.3 Å². The molecule has 0 aliphatic carbocycles. The average molecular weight is 371 g/mol. The Bertz CT molecular complexity index is 597. The van der Waals surface area contributed by atoms with Gasteiger partial charge in [0.1, 0.15) is 0 Å². The number of hydrazone groups is 1. The Kier molecular flexibility index (Phi) is 7.38. The summed E-state index contributed by atoms with van der Waals surface area (Å²) in [6.45, 7) is 4.30. The first kappa shape index (κ1) is 19.1. The van der Waals surface area contributed by atoms with E-state index in [1.54, 1.807) is 23.2 Å². The smallest absolute Gasteiger partial charge is 0.280 e. The molecular formula is C18H24Cl2N2O2. The zero-order valence-corrected chi connectivity index (χ0v) is 15.7. The molecule has 0 atom stereocenters. The number of carbonyl (C=O) groups excluding carboxylic acids is 1. The Morgan fingerprint density at radius 1 is 1.21 bits per heavy atom. The number of benzene rings is 1. The van der Waals surface area contributed by atoms with Gasteiger partial charge in [0.15, 0.2) is 6.61 Å². The maximum atomic E-state index is 12.3. The summed E-state index contributed by atoms with van der Waals surface area (Å²) in [7, 11) is 0. The SMILES string of the molecule is CCCCC(CCCC)N1N=C(c2ccc(Cl)cc2Cl)OCC1=O. The number of hydrogen-bond donors (Lipinski definition) is 0. The first-order chi connectivity index (χ1) is 11.6. The van der Waals surface area contributed by atoms with Crippen molar-refractivity contribution >= 4 is 35.0 Å². The van der Waals surface area contributed by atoms with Crippen LogP contribution in [0, 0.1) is 0 Å². The number of carbonyl (C=O) groups is 1. The van der Waals surface area contributed by atoms with E-state index in [9.17, 15) is 4.79 Å². The van der Waals surface area contributed by atoms with Gasteiger partial charge in [-0.2, -0.15) is 0 Å². The van der Waals surface area contributed by atoms with Gasteiger partial charge in [0.05, 0.1) is 16.6 Å². The van der Waals surface area contributed by atoms with Crippen LogP contribution in [0.4, 0.5) is 0 Å². The number of hydrogen-bond acceptors (Lipinski definition) is 3. The summed E-state index contributed by atoms with van der Waals surface area (Å²) in [5.74, 6) is 0.287. The lowest BCUT2D eigenvalue weighted by Gasteiger charge is -2.31. The lowest BCUT2D eigenvalue weighted by atomic mass is 10.0. The van der Waals surface area contributed by atoms with Crippen molar-refractivity contribution in [2.75, 3.05) is 6.61 Å². The van der Waals surface area contributed by atoms with Crippen molar-refractivity contribution in [3.05, 3.63) is 33.8 Å². The van der Waals surface area contributed by atoms with Gasteiger partial charge in [0.2, 0.25) is 5.90 Å². The Hall–Kier alpha value is -1.26. The highest BCUT2D eigenvalue weighted by molar-refractivity contribution is 6.36. The molecule has 1 aliphatic rings. The van der Waals surface area contributed by atoms with Crippen LogP contribution >= 0.6 is 23.2 Å². The average Bonchev–Trinajstić information content (AvgIpc) is 2.56. The van der Waals surface area contributed by atoms with Gasteiger partial charge >= 0.3 is 0 Å². The molecule has 0 spiro atoms. The van der Waals surface area contributed by atoms with Crippen LogP contribution in [0.3, 0.4) is 0 Å². The third kappa shape index (κ3) is 4.87. The minimum Gasteiger partial charge on any atom is -0.466 e. The highest BCUT2D eigenvalue weighted by Crippen LogP contribution is 2.25. The molecule has 0 bridgehead atoms. The van der Waals surface area contributed by atoms with Gasteiger partial charge in [-0.05, 0) is 31.0 Å². The second-order valence-corrected chi connectivity index (χ2v) is 6.84. The summed E-state index contributed by atoms with van der Waals surface area (Å²) in [6.07, 6.45) is 6.25. The molecule has 4 nitrogen and oxygen atoms in total. The highest BCUT2D eigenvalue weighted by atomic mass is 35.5. The number of ether oxygens (including phenoxy) is 1. The third-order valence-corrected chi connectivity index (χ3v) is 4.62. The number of rotatable bonds is 8. The second-order valence-electron chi connectivity index (χ2n) is 5.99. The number of unbranched alkanes of at least 4 members (excludes halogenated alkanes) is 2. The van der Waals surface area contributed by atoms with E-state index in [-0.39, 0.29) is 18.6 Å². The molecule has 2 rings (SSSR count). The van der Waals surface area contributed by atoms with E-state index in [2.05, 4.69) is 18.9 Å². The molecule has 0 saturated carbocycles. The normalized spacial score (nSPS) is 14.8. The van der Waals surface area contributed by atoms with E-state index in [4.69, 9.17) is 27.9 Å². The summed E-state index contributed by atoms with van der Waals surface area (Å²) in [5.41, 5.74) is 0.656. The van der Waals surface area contributed by atoms with Crippen LogP contribution in [0.5, 0.6) is 0 Å². The van der Waals surface area contributed by atoms with E-state index < -0.39 is 0 Å². The molecule has 132 valence electrons. The monoisotopic (exact) mass is 370 g/mol. The number of nitrogens with zero attached hydrogens (tertiary/aromatic N) is 2. The maximum Gasteiger partial charge on any atom is 0.280 e. The third-order valence-electron chi connectivity index (χ3n) is 4.08. The summed E-state index contributed by atoms with van der Waals surface area (Å²) in [5, 5.41) is 7.11. The lowest BCUT2D eigenvalue weighted by molar-refractivity contribution is -0.138. The molecule has 24 heavy (non-hydrogen) atoms. The predicted molar refractivity (Wildman–Crippen MR) is 98.6 cm³/mol. The quantitative estimate of drug-likeness (QED) is 0.625. The minimum absolute atomic E-state index is 0.00740. The summed E-state index contributed by atoms with van der Waals surface area (Å²) in [4.78, 5) is 12.3. The molecule has 0 N–H and O–H groups in total. The zero-order chi connectivity index (χ0) is 17.5. The largest absolute Gasteiger partial charge is 0.466 e. The van der Waals surface area contributed by atoms with Crippen molar-refractivity contribution in [1.29, 1.82) is 0 Å². The van der Waals surface area contributed by atoms with E-state index in [0.717, 1.165) is 38.5 Å². The summed E-state index contributed by atoms with van der Waals surface area (Å²) in [6, 6.07) is 5.27. The van der Waals surface area contributed by atoms with E-state index in [1.165, 1.54) is 0 Å². The molecule has 0 unspecified atom stereocenters. The molecular weight excluding hydrogens is 347 g/mol. The van der Waals surface area contributed by atoms with Crippen LogP contribution in [-0.4, -0.2) is 29.5 Å². The standard InChI is InChI=1S/C18H24Cl2N2O2/c1-3-5-7-14(8-6-4-2)22-17(23)12-24-18(21-22)15-10-9-13(19)11-16(15)20/h9-11,14H,3-8,12H2,1-2H3. The van der Waals surface area contributed by atoms with Crippen LogP contribution in [0.2, 0.25) is 10.0 Å². The molecule has 1 amide bonds. The van der Waals surface area contributed by atoms with Crippen molar-refractivity contribution in [2.24, 2.45) is 5.10 Å². The topological polar surface area (TPSA) is 41.9 Å². The van der Waals surface area contributed by atoms with Gasteiger partial charge in [-0.15, -0.1) is 5.10 Å². The second kappa shape index (κ2) is 9.28. The fourth-order valence-electron chi connectivity index (χ4n) is 2.73. The van der Waals surface area contributed by atoms with Gasteiger partial charge in [-0.25, -0.2) is 5.01 Å². The van der Waals surface area contributed by atoms with Crippen molar-refractivity contribution in [2.45, 2.75) is 58.4 Å². The van der Waals surface area contributed by atoms with Crippen LogP contribution in [0.1, 0.15) is 57.9 Å². The maximum absolute atomic E-state index is 12.3. The molecule has 1 heterocycles. The molecule has 0 aromatic heterocycles. The predicted octanol–water partition coefficient (Wildman–Crippen LogP) is 5.26. The highest BCUT2D eigenvalue weighted by Gasteiger charge is 2.29. The fourth-order valence-corrected chi connectivity index (χ4v) is 3.22. The van der Waals surface area contributed by atoms with Crippen molar-refractivity contribution in [1.82, 2.24) is 5.01 Å². The fraction of sp³-hybridized carbons (Fsp3) is 0.556. The van der Waals surface area contributed by atoms with Gasteiger partial charge in [0.25, 0.3) is 5.91 Å². The Morgan fingerprint density at radius 3 is 2.46 bits per heavy atom.